The number of halogens is 1. The van der Waals surface area contributed by atoms with Crippen molar-refractivity contribution < 1.29 is 14.3 Å². The molecule has 0 saturated carbocycles. The molecule has 1 fully saturated rings. The van der Waals surface area contributed by atoms with Crippen LogP contribution < -0.4 is 15.4 Å². The SMILES string of the molecule is CCOc1ccc(C(=O)NC(=S)Nc2cccc(C(=O)N3CCC(C)CC3)c2)cc1Br. The maximum atomic E-state index is 12.8. The summed E-state index contributed by atoms with van der Waals surface area (Å²) in [6.45, 7) is 6.21. The first kappa shape index (κ1) is 23.2. The Bertz CT molecular complexity index is 974. The normalized spacial score (nSPS) is 14.1. The molecule has 2 aromatic carbocycles. The summed E-state index contributed by atoms with van der Waals surface area (Å²) in [7, 11) is 0. The fourth-order valence-electron chi connectivity index (χ4n) is 3.38. The molecule has 1 heterocycles. The molecule has 1 aliphatic heterocycles. The van der Waals surface area contributed by atoms with Crippen molar-refractivity contribution in [3.8, 4) is 5.75 Å². The zero-order chi connectivity index (χ0) is 22.4. The highest BCUT2D eigenvalue weighted by Gasteiger charge is 2.21. The number of ether oxygens (including phenoxy) is 1. The van der Waals surface area contributed by atoms with Crippen LogP contribution >= 0.6 is 28.1 Å². The molecule has 2 amide bonds. The summed E-state index contributed by atoms with van der Waals surface area (Å²) >= 11 is 8.69. The number of benzene rings is 2. The average molecular weight is 504 g/mol. The largest absolute Gasteiger partial charge is 0.493 e. The fraction of sp³-hybridized carbons (Fsp3) is 0.348. The minimum Gasteiger partial charge on any atom is -0.493 e. The summed E-state index contributed by atoms with van der Waals surface area (Å²) in [6, 6.07) is 12.2. The van der Waals surface area contributed by atoms with Gasteiger partial charge in [0, 0.05) is 29.9 Å². The second-order valence-electron chi connectivity index (χ2n) is 7.54. The standard InChI is InChI=1S/C23H26BrN3O3S/c1-3-30-20-8-7-16(14-19(20)24)21(28)26-23(31)25-18-6-4-5-17(13-18)22(29)27-11-9-15(2)10-12-27/h4-8,13-15H,3,9-12H2,1-2H3,(H2,25,26,28,31). The molecule has 0 spiro atoms. The van der Waals surface area contributed by atoms with Crippen molar-refractivity contribution in [2.45, 2.75) is 26.7 Å². The van der Waals surface area contributed by atoms with E-state index in [1.54, 1.807) is 42.5 Å². The first-order valence-electron chi connectivity index (χ1n) is 10.3. The third-order valence-electron chi connectivity index (χ3n) is 5.16. The van der Waals surface area contributed by atoms with E-state index in [9.17, 15) is 9.59 Å². The van der Waals surface area contributed by atoms with Crippen LogP contribution in [0.4, 0.5) is 5.69 Å². The Balaban J connectivity index is 1.60. The molecule has 31 heavy (non-hydrogen) atoms. The summed E-state index contributed by atoms with van der Waals surface area (Å²) < 4.78 is 6.16. The fourth-order valence-corrected chi connectivity index (χ4v) is 4.08. The van der Waals surface area contributed by atoms with Crippen LogP contribution in [0, 0.1) is 5.92 Å². The van der Waals surface area contributed by atoms with Crippen molar-refractivity contribution in [1.29, 1.82) is 0 Å². The molecule has 164 valence electrons. The summed E-state index contributed by atoms with van der Waals surface area (Å²) in [5, 5.41) is 5.81. The van der Waals surface area contributed by atoms with Gasteiger partial charge in [0.25, 0.3) is 11.8 Å². The van der Waals surface area contributed by atoms with Crippen molar-refractivity contribution in [3.63, 3.8) is 0 Å². The molecule has 0 bridgehead atoms. The number of carbonyl (C=O) groups excluding carboxylic acids is 2. The smallest absolute Gasteiger partial charge is 0.257 e. The van der Waals surface area contributed by atoms with E-state index >= 15 is 0 Å². The van der Waals surface area contributed by atoms with Crippen molar-refractivity contribution in [2.24, 2.45) is 5.92 Å². The monoisotopic (exact) mass is 503 g/mol. The molecule has 2 aromatic rings. The molecule has 0 aliphatic carbocycles. The summed E-state index contributed by atoms with van der Waals surface area (Å²) in [5.74, 6) is 1.01. The van der Waals surface area contributed by atoms with Gasteiger partial charge >= 0.3 is 0 Å². The van der Waals surface area contributed by atoms with Crippen LogP contribution in [0.2, 0.25) is 0 Å². The molecule has 1 aliphatic rings. The van der Waals surface area contributed by atoms with Crippen LogP contribution in [0.1, 0.15) is 47.4 Å². The number of thiocarbonyl (C=S) groups is 1. The van der Waals surface area contributed by atoms with Gasteiger partial charge in [0.1, 0.15) is 5.75 Å². The Morgan fingerprint density at radius 2 is 1.90 bits per heavy atom. The van der Waals surface area contributed by atoms with Crippen molar-refractivity contribution >= 4 is 50.8 Å². The first-order valence-corrected chi connectivity index (χ1v) is 11.5. The number of likely N-dealkylation sites (tertiary alicyclic amines) is 1. The number of rotatable bonds is 5. The number of hydrogen-bond donors (Lipinski definition) is 2. The number of amides is 2. The van der Waals surface area contributed by atoms with Gasteiger partial charge < -0.3 is 15.0 Å². The number of hydrogen-bond acceptors (Lipinski definition) is 4. The molecule has 2 N–H and O–H groups in total. The van der Waals surface area contributed by atoms with Crippen molar-refractivity contribution in [3.05, 3.63) is 58.1 Å². The predicted octanol–water partition coefficient (Wildman–Crippen LogP) is 4.85. The lowest BCUT2D eigenvalue weighted by atomic mass is 9.98. The van der Waals surface area contributed by atoms with Crippen LogP contribution in [0.25, 0.3) is 0 Å². The maximum absolute atomic E-state index is 12.8. The van der Waals surface area contributed by atoms with Crippen LogP contribution in [0.15, 0.2) is 46.9 Å². The highest BCUT2D eigenvalue weighted by molar-refractivity contribution is 9.10. The Hall–Kier alpha value is -2.45. The Labute approximate surface area is 196 Å². The molecule has 0 atom stereocenters. The van der Waals surface area contributed by atoms with Gasteiger partial charge in [0.15, 0.2) is 5.11 Å². The molecule has 0 radical (unpaired) electrons. The molecule has 6 nitrogen and oxygen atoms in total. The van der Waals surface area contributed by atoms with E-state index in [1.807, 2.05) is 11.8 Å². The highest BCUT2D eigenvalue weighted by atomic mass is 79.9. The van der Waals surface area contributed by atoms with Gasteiger partial charge in [-0.3, -0.25) is 14.9 Å². The third-order valence-corrected chi connectivity index (χ3v) is 5.98. The number of nitrogens with zero attached hydrogens (tertiary/aromatic N) is 1. The van der Waals surface area contributed by atoms with Gasteiger partial charge in [-0.25, -0.2) is 0 Å². The van der Waals surface area contributed by atoms with Gasteiger partial charge in [-0.15, -0.1) is 0 Å². The minimum atomic E-state index is -0.337. The van der Waals surface area contributed by atoms with Crippen LogP contribution in [0.3, 0.4) is 0 Å². The van der Waals surface area contributed by atoms with Crippen molar-refractivity contribution in [1.82, 2.24) is 10.2 Å². The molecule has 0 aromatic heterocycles. The number of nitrogens with one attached hydrogen (secondary N) is 2. The number of carbonyl (C=O) groups is 2. The summed E-state index contributed by atoms with van der Waals surface area (Å²) in [6.07, 6.45) is 2.06. The van der Waals surface area contributed by atoms with Crippen LogP contribution in [-0.2, 0) is 0 Å². The van der Waals surface area contributed by atoms with E-state index in [4.69, 9.17) is 17.0 Å². The second-order valence-corrected chi connectivity index (χ2v) is 8.80. The summed E-state index contributed by atoms with van der Waals surface area (Å²) in [4.78, 5) is 27.2. The lowest BCUT2D eigenvalue weighted by Crippen LogP contribution is -2.38. The second kappa shape index (κ2) is 10.7. The third kappa shape index (κ3) is 6.27. The van der Waals surface area contributed by atoms with Crippen molar-refractivity contribution in [2.75, 3.05) is 25.0 Å². The number of piperidine rings is 1. The van der Waals surface area contributed by atoms with Crippen LogP contribution in [0.5, 0.6) is 5.75 Å². The molecule has 1 saturated heterocycles. The van der Waals surface area contributed by atoms with Gasteiger partial charge in [0.05, 0.1) is 11.1 Å². The average Bonchev–Trinajstić information content (AvgIpc) is 2.75. The van der Waals surface area contributed by atoms with Gasteiger partial charge in [-0.1, -0.05) is 13.0 Å². The molecular formula is C23H26BrN3O3S. The lowest BCUT2D eigenvalue weighted by Gasteiger charge is -2.30. The van der Waals surface area contributed by atoms with Gasteiger partial charge in [-0.05, 0) is 90.2 Å². The predicted molar refractivity (Wildman–Crippen MR) is 130 cm³/mol. The number of anilines is 1. The Kier molecular flexibility index (Phi) is 8.03. The quantitative estimate of drug-likeness (QED) is 0.570. The molecule has 0 unspecified atom stereocenters. The van der Waals surface area contributed by atoms with Gasteiger partial charge in [0.2, 0.25) is 0 Å². The molecule has 8 heteroatoms. The Morgan fingerprint density at radius 3 is 2.58 bits per heavy atom. The Morgan fingerprint density at radius 1 is 1.16 bits per heavy atom. The molecular weight excluding hydrogens is 478 g/mol. The topological polar surface area (TPSA) is 70.7 Å². The highest BCUT2D eigenvalue weighted by Crippen LogP contribution is 2.26. The van der Waals surface area contributed by atoms with E-state index in [2.05, 4.69) is 33.5 Å². The summed E-state index contributed by atoms with van der Waals surface area (Å²) in [5.41, 5.74) is 1.70. The maximum Gasteiger partial charge on any atom is 0.257 e. The van der Waals surface area contributed by atoms with E-state index in [0.29, 0.717) is 39.6 Å². The zero-order valence-electron chi connectivity index (χ0n) is 17.6. The van der Waals surface area contributed by atoms with E-state index < -0.39 is 0 Å². The minimum absolute atomic E-state index is 0.0183. The van der Waals surface area contributed by atoms with E-state index in [1.165, 1.54) is 0 Å². The van der Waals surface area contributed by atoms with Crippen LogP contribution in [-0.4, -0.2) is 41.5 Å². The van der Waals surface area contributed by atoms with Gasteiger partial charge in [-0.2, -0.15) is 0 Å². The molecule has 3 rings (SSSR count). The lowest BCUT2D eigenvalue weighted by molar-refractivity contribution is 0.0697. The zero-order valence-corrected chi connectivity index (χ0v) is 20.0. The first-order chi connectivity index (χ1) is 14.9. The van der Waals surface area contributed by atoms with E-state index in [-0.39, 0.29) is 16.9 Å². The van der Waals surface area contributed by atoms with E-state index in [0.717, 1.165) is 25.9 Å².